The quantitative estimate of drug-likeness (QED) is 0.859. The van der Waals surface area contributed by atoms with Gasteiger partial charge in [0.25, 0.3) is 0 Å². The molecule has 0 aromatic heterocycles. The van der Waals surface area contributed by atoms with Crippen LogP contribution < -0.4 is 5.32 Å². The van der Waals surface area contributed by atoms with E-state index in [4.69, 9.17) is 0 Å². The molecule has 1 aliphatic heterocycles. The molecule has 1 heterocycles. The average Bonchev–Trinajstić information content (AvgIpc) is 2.38. The molecule has 1 aromatic rings. The molecule has 0 aliphatic carbocycles. The van der Waals surface area contributed by atoms with Crippen LogP contribution in [-0.2, 0) is 0 Å². The molecule has 1 aromatic carbocycles. The van der Waals surface area contributed by atoms with Gasteiger partial charge < -0.3 is 15.3 Å². The molecule has 3 nitrogen and oxygen atoms in total. The number of hydrogen-bond donors (Lipinski definition) is 2. The summed E-state index contributed by atoms with van der Waals surface area (Å²) in [5, 5.41) is 13.4. The Hall–Kier alpha value is -1.06. The van der Waals surface area contributed by atoms with E-state index in [1.807, 2.05) is 18.2 Å². The van der Waals surface area contributed by atoms with Gasteiger partial charge in [0.05, 0.1) is 0 Å². The van der Waals surface area contributed by atoms with Crippen LogP contribution >= 0.6 is 0 Å². The maximum Gasteiger partial charge on any atom is 0.120 e. The Kier molecular flexibility index (Phi) is 4.61. The lowest BCUT2D eigenvalue weighted by atomic mass is 10.0. The van der Waals surface area contributed by atoms with Crippen molar-refractivity contribution in [2.45, 2.75) is 38.3 Å². The molecule has 0 saturated carbocycles. The molecule has 18 heavy (non-hydrogen) atoms. The third-order valence-electron chi connectivity index (χ3n) is 3.98. The van der Waals surface area contributed by atoms with Crippen LogP contribution in [0.3, 0.4) is 0 Å². The van der Waals surface area contributed by atoms with Crippen LogP contribution in [0.15, 0.2) is 24.3 Å². The van der Waals surface area contributed by atoms with Crippen molar-refractivity contribution in [1.29, 1.82) is 0 Å². The first kappa shape index (κ1) is 13.4. The highest BCUT2D eigenvalue weighted by Gasteiger charge is 2.19. The molecule has 3 heteroatoms. The minimum absolute atomic E-state index is 0.196. The SMILES string of the molecule is CC(NCC1CCCCN1C)c1ccccc1O. The summed E-state index contributed by atoms with van der Waals surface area (Å²) in [5.41, 5.74) is 0.982. The van der Waals surface area contributed by atoms with Gasteiger partial charge in [-0.25, -0.2) is 0 Å². The maximum absolute atomic E-state index is 9.82. The van der Waals surface area contributed by atoms with Crippen molar-refractivity contribution < 1.29 is 5.11 Å². The van der Waals surface area contributed by atoms with Crippen molar-refractivity contribution >= 4 is 0 Å². The number of piperidine rings is 1. The molecule has 2 rings (SSSR count). The summed E-state index contributed by atoms with van der Waals surface area (Å²) in [6.07, 6.45) is 3.93. The fourth-order valence-electron chi connectivity index (χ4n) is 2.68. The number of phenolic OH excluding ortho intramolecular Hbond substituents is 1. The third kappa shape index (κ3) is 3.24. The summed E-state index contributed by atoms with van der Waals surface area (Å²) in [6, 6.07) is 8.40. The van der Waals surface area contributed by atoms with Crippen molar-refractivity contribution in [3.8, 4) is 5.75 Å². The number of para-hydroxylation sites is 1. The minimum atomic E-state index is 0.196. The number of aromatic hydroxyl groups is 1. The lowest BCUT2D eigenvalue weighted by Gasteiger charge is -2.33. The largest absolute Gasteiger partial charge is 0.508 e. The van der Waals surface area contributed by atoms with Gasteiger partial charge in [-0.2, -0.15) is 0 Å². The Morgan fingerprint density at radius 1 is 1.39 bits per heavy atom. The molecule has 2 N–H and O–H groups in total. The van der Waals surface area contributed by atoms with Gasteiger partial charge in [-0.1, -0.05) is 24.6 Å². The number of nitrogens with zero attached hydrogens (tertiary/aromatic N) is 1. The number of phenols is 1. The molecule has 1 aliphatic rings. The molecule has 1 saturated heterocycles. The maximum atomic E-state index is 9.82. The standard InChI is InChI=1S/C15H24N2O/c1-12(14-8-3-4-9-15(14)18)16-11-13-7-5-6-10-17(13)2/h3-4,8-9,12-13,16,18H,5-7,10-11H2,1-2H3. The molecule has 1 fully saturated rings. The third-order valence-corrected chi connectivity index (χ3v) is 3.98. The summed E-state index contributed by atoms with van der Waals surface area (Å²) in [7, 11) is 2.20. The predicted octanol–water partition coefficient (Wildman–Crippen LogP) is 2.53. The monoisotopic (exact) mass is 248 g/mol. The van der Waals surface area contributed by atoms with E-state index < -0.39 is 0 Å². The lowest BCUT2D eigenvalue weighted by Crippen LogP contribution is -2.43. The van der Waals surface area contributed by atoms with Gasteiger partial charge >= 0.3 is 0 Å². The smallest absolute Gasteiger partial charge is 0.120 e. The summed E-state index contributed by atoms with van der Waals surface area (Å²) >= 11 is 0. The van der Waals surface area contributed by atoms with Crippen LogP contribution in [0.2, 0.25) is 0 Å². The highest BCUT2D eigenvalue weighted by Crippen LogP contribution is 2.23. The Morgan fingerprint density at radius 3 is 2.89 bits per heavy atom. The van der Waals surface area contributed by atoms with E-state index in [9.17, 15) is 5.11 Å². The summed E-state index contributed by atoms with van der Waals surface area (Å²) in [5.74, 6) is 0.384. The first-order valence-corrected chi connectivity index (χ1v) is 6.90. The topological polar surface area (TPSA) is 35.5 Å². The molecule has 0 spiro atoms. The Balaban J connectivity index is 1.88. The predicted molar refractivity (Wildman–Crippen MR) is 74.8 cm³/mol. The molecule has 2 atom stereocenters. The zero-order chi connectivity index (χ0) is 13.0. The molecule has 0 radical (unpaired) electrons. The molecule has 0 amide bonds. The first-order chi connectivity index (χ1) is 8.68. The van der Waals surface area contributed by atoms with Gasteiger partial charge in [-0.15, -0.1) is 0 Å². The van der Waals surface area contributed by atoms with Crippen LogP contribution in [0.5, 0.6) is 5.75 Å². The zero-order valence-electron chi connectivity index (χ0n) is 11.4. The lowest BCUT2D eigenvalue weighted by molar-refractivity contribution is 0.178. The van der Waals surface area contributed by atoms with Gasteiger partial charge in [0.2, 0.25) is 0 Å². The summed E-state index contributed by atoms with van der Waals surface area (Å²) < 4.78 is 0. The van der Waals surface area contributed by atoms with E-state index >= 15 is 0 Å². The number of nitrogens with one attached hydrogen (secondary N) is 1. The normalized spacial score (nSPS) is 22.9. The molecule has 0 bridgehead atoms. The summed E-state index contributed by atoms with van der Waals surface area (Å²) in [6.45, 7) is 4.31. The van der Waals surface area contributed by atoms with Gasteiger partial charge in [-0.3, -0.25) is 0 Å². The van der Waals surface area contributed by atoms with Gasteiger partial charge in [-0.05, 0) is 39.4 Å². The van der Waals surface area contributed by atoms with Gasteiger partial charge in [0.1, 0.15) is 5.75 Å². The molecule has 100 valence electrons. The molecular weight excluding hydrogens is 224 g/mol. The summed E-state index contributed by atoms with van der Waals surface area (Å²) in [4.78, 5) is 2.44. The molecular formula is C15H24N2O. The highest BCUT2D eigenvalue weighted by molar-refractivity contribution is 5.34. The number of likely N-dealkylation sites (N-methyl/N-ethyl adjacent to an activating group) is 1. The van der Waals surface area contributed by atoms with Crippen molar-refractivity contribution in [1.82, 2.24) is 10.2 Å². The first-order valence-electron chi connectivity index (χ1n) is 6.90. The zero-order valence-corrected chi connectivity index (χ0v) is 11.4. The fourth-order valence-corrected chi connectivity index (χ4v) is 2.68. The second kappa shape index (κ2) is 6.21. The second-order valence-electron chi connectivity index (χ2n) is 5.32. The highest BCUT2D eigenvalue weighted by atomic mass is 16.3. The van der Waals surface area contributed by atoms with Gasteiger partial charge in [0, 0.05) is 24.2 Å². The van der Waals surface area contributed by atoms with Crippen molar-refractivity contribution in [2.24, 2.45) is 0 Å². The minimum Gasteiger partial charge on any atom is -0.508 e. The van der Waals surface area contributed by atoms with E-state index in [2.05, 4.69) is 24.2 Å². The number of benzene rings is 1. The van der Waals surface area contributed by atoms with E-state index in [1.54, 1.807) is 6.07 Å². The van der Waals surface area contributed by atoms with Crippen LogP contribution in [0, 0.1) is 0 Å². The Bertz CT molecular complexity index is 381. The van der Waals surface area contributed by atoms with Crippen LogP contribution in [0.25, 0.3) is 0 Å². The van der Waals surface area contributed by atoms with E-state index in [0.29, 0.717) is 11.8 Å². The Morgan fingerprint density at radius 2 is 2.17 bits per heavy atom. The second-order valence-corrected chi connectivity index (χ2v) is 5.32. The van der Waals surface area contributed by atoms with Gasteiger partial charge in [0.15, 0.2) is 0 Å². The van der Waals surface area contributed by atoms with E-state index in [1.165, 1.54) is 25.8 Å². The number of likely N-dealkylation sites (tertiary alicyclic amines) is 1. The van der Waals surface area contributed by atoms with Crippen molar-refractivity contribution in [3.63, 3.8) is 0 Å². The van der Waals surface area contributed by atoms with Crippen LogP contribution in [-0.4, -0.2) is 36.2 Å². The van der Waals surface area contributed by atoms with Crippen LogP contribution in [0.1, 0.15) is 37.8 Å². The fraction of sp³-hybridized carbons (Fsp3) is 0.600. The van der Waals surface area contributed by atoms with Crippen LogP contribution in [0.4, 0.5) is 0 Å². The average molecular weight is 248 g/mol. The van der Waals surface area contributed by atoms with Crippen molar-refractivity contribution in [2.75, 3.05) is 20.1 Å². The van der Waals surface area contributed by atoms with E-state index in [-0.39, 0.29) is 6.04 Å². The Labute approximate surface area is 110 Å². The van der Waals surface area contributed by atoms with Crippen molar-refractivity contribution in [3.05, 3.63) is 29.8 Å². The number of rotatable bonds is 4. The van der Waals surface area contributed by atoms with E-state index in [0.717, 1.165) is 12.1 Å². The number of hydrogen-bond acceptors (Lipinski definition) is 3. The molecule has 2 unspecified atom stereocenters.